The van der Waals surface area contributed by atoms with Gasteiger partial charge >= 0.3 is 6.09 Å². The van der Waals surface area contributed by atoms with E-state index in [4.69, 9.17) is 10.00 Å². The first-order valence-electron chi connectivity index (χ1n) is 8.03. The molecule has 1 aromatic carbocycles. The summed E-state index contributed by atoms with van der Waals surface area (Å²) in [4.78, 5) is 14.4. The molecule has 1 N–H and O–H groups in total. The van der Waals surface area contributed by atoms with E-state index in [1.807, 2.05) is 30.3 Å². The Morgan fingerprint density at radius 3 is 2.74 bits per heavy atom. The van der Waals surface area contributed by atoms with Gasteiger partial charge in [0.1, 0.15) is 6.10 Å². The Labute approximate surface area is 138 Å². The van der Waals surface area contributed by atoms with Gasteiger partial charge in [-0.05, 0) is 5.56 Å². The molecule has 1 saturated heterocycles. The van der Waals surface area contributed by atoms with Gasteiger partial charge in [0.15, 0.2) is 0 Å². The number of carbonyl (C=O) groups excluding carboxylic acids is 1. The second-order valence-electron chi connectivity index (χ2n) is 6.95. The number of nitriles is 1. The molecule has 0 saturated carbocycles. The highest BCUT2D eigenvalue weighted by molar-refractivity contribution is 5.68. The number of hydrogen-bond acceptors (Lipinski definition) is 4. The fourth-order valence-electron chi connectivity index (χ4n) is 2.83. The van der Waals surface area contributed by atoms with Crippen molar-refractivity contribution in [3.05, 3.63) is 35.9 Å². The fourth-order valence-corrected chi connectivity index (χ4v) is 2.83. The van der Waals surface area contributed by atoms with E-state index in [-0.39, 0.29) is 23.7 Å². The van der Waals surface area contributed by atoms with Crippen LogP contribution in [0, 0.1) is 16.7 Å². The zero-order valence-electron chi connectivity index (χ0n) is 14.1. The largest absolute Gasteiger partial charge is 0.441 e. The zero-order chi connectivity index (χ0) is 16.9. The number of nitrogens with zero attached hydrogens (tertiary/aromatic N) is 2. The molecule has 1 amide bonds. The molecule has 0 bridgehead atoms. The summed E-state index contributed by atoms with van der Waals surface area (Å²) in [6.07, 6.45) is -0.350. The number of hydrogen-bond donors (Lipinski definition) is 1. The Bertz CT molecular complexity index is 560. The summed E-state index contributed by atoms with van der Waals surface area (Å²) in [5.41, 5.74) is 0.774. The summed E-state index contributed by atoms with van der Waals surface area (Å²) in [6, 6.07) is 11.8. The van der Waals surface area contributed by atoms with Gasteiger partial charge in [0, 0.05) is 25.0 Å². The first kappa shape index (κ1) is 17.3. The predicted molar refractivity (Wildman–Crippen MR) is 88.7 cm³/mol. The minimum absolute atomic E-state index is 0.127. The molecule has 1 aliphatic heterocycles. The van der Waals surface area contributed by atoms with Crippen LogP contribution in [0.15, 0.2) is 30.3 Å². The molecule has 2 rings (SSSR count). The SMILES string of the molecule is CC(C)(C)C(OC(=O)N1CCNC[C@@H]1CC#N)c1ccccc1. The third-order valence-electron chi connectivity index (χ3n) is 4.02. The number of carbonyl (C=O) groups is 1. The highest BCUT2D eigenvalue weighted by Gasteiger charge is 2.34. The molecular weight excluding hydrogens is 290 g/mol. The quantitative estimate of drug-likeness (QED) is 0.931. The summed E-state index contributed by atoms with van der Waals surface area (Å²) in [7, 11) is 0. The Kier molecular flexibility index (Phi) is 5.62. The lowest BCUT2D eigenvalue weighted by molar-refractivity contribution is -0.00129. The van der Waals surface area contributed by atoms with Gasteiger partial charge in [-0.1, -0.05) is 51.1 Å². The van der Waals surface area contributed by atoms with Crippen LogP contribution in [0.4, 0.5) is 4.79 Å². The van der Waals surface area contributed by atoms with Gasteiger partial charge in [0.2, 0.25) is 0 Å². The van der Waals surface area contributed by atoms with Crippen LogP contribution in [-0.2, 0) is 4.74 Å². The van der Waals surface area contributed by atoms with Crippen LogP contribution in [0.1, 0.15) is 38.9 Å². The second-order valence-corrected chi connectivity index (χ2v) is 6.95. The molecule has 1 unspecified atom stereocenters. The molecule has 5 heteroatoms. The normalized spacial score (nSPS) is 19.7. The molecular formula is C18H25N3O2. The number of nitrogens with one attached hydrogen (secondary N) is 1. The molecule has 124 valence electrons. The van der Waals surface area contributed by atoms with Crippen LogP contribution >= 0.6 is 0 Å². The smallest absolute Gasteiger partial charge is 0.410 e. The van der Waals surface area contributed by atoms with Crippen LogP contribution in [-0.4, -0.2) is 36.7 Å². The lowest BCUT2D eigenvalue weighted by atomic mass is 9.84. The van der Waals surface area contributed by atoms with Crippen LogP contribution < -0.4 is 5.32 Å². The lowest BCUT2D eigenvalue weighted by Gasteiger charge is -2.37. The third-order valence-corrected chi connectivity index (χ3v) is 4.02. The molecule has 2 atom stereocenters. The molecule has 1 heterocycles. The predicted octanol–water partition coefficient (Wildman–Crippen LogP) is 3.10. The van der Waals surface area contributed by atoms with E-state index in [9.17, 15) is 4.79 Å². The maximum absolute atomic E-state index is 12.7. The van der Waals surface area contributed by atoms with Crippen molar-refractivity contribution in [2.75, 3.05) is 19.6 Å². The molecule has 0 aliphatic carbocycles. The van der Waals surface area contributed by atoms with Crippen LogP contribution in [0.3, 0.4) is 0 Å². The van der Waals surface area contributed by atoms with Gasteiger partial charge in [0.25, 0.3) is 0 Å². The van der Waals surface area contributed by atoms with Crippen molar-refractivity contribution >= 4 is 6.09 Å². The van der Waals surface area contributed by atoms with Crippen molar-refractivity contribution in [2.45, 2.75) is 39.3 Å². The van der Waals surface area contributed by atoms with Gasteiger partial charge < -0.3 is 15.0 Å². The van der Waals surface area contributed by atoms with E-state index in [0.29, 0.717) is 19.5 Å². The Morgan fingerprint density at radius 2 is 2.13 bits per heavy atom. The van der Waals surface area contributed by atoms with Crippen LogP contribution in [0.25, 0.3) is 0 Å². The first-order chi connectivity index (χ1) is 10.9. The highest BCUT2D eigenvalue weighted by Crippen LogP contribution is 2.36. The molecule has 23 heavy (non-hydrogen) atoms. The van der Waals surface area contributed by atoms with Gasteiger partial charge in [-0.25, -0.2) is 4.79 Å². The van der Waals surface area contributed by atoms with Crippen molar-refractivity contribution in [2.24, 2.45) is 5.41 Å². The number of rotatable bonds is 3. The standard InChI is InChI=1S/C18H25N3O2/c1-18(2,3)16(14-7-5-4-6-8-14)23-17(22)21-12-11-20-13-15(21)9-10-19/h4-8,15-16,20H,9,11-13H2,1-3H3/t15-,16?/m0/s1. The lowest BCUT2D eigenvalue weighted by Crippen LogP contribution is -2.54. The maximum atomic E-state index is 12.7. The molecule has 0 spiro atoms. The average Bonchev–Trinajstić information content (AvgIpc) is 2.53. The molecule has 0 radical (unpaired) electrons. The number of amides is 1. The monoisotopic (exact) mass is 315 g/mol. The van der Waals surface area contributed by atoms with E-state index in [2.05, 4.69) is 32.2 Å². The third kappa shape index (κ3) is 4.46. The summed E-state index contributed by atoms with van der Waals surface area (Å²) >= 11 is 0. The molecule has 0 aromatic heterocycles. The van der Waals surface area contributed by atoms with E-state index in [0.717, 1.165) is 12.1 Å². The number of piperazine rings is 1. The fraction of sp³-hybridized carbons (Fsp3) is 0.556. The zero-order valence-corrected chi connectivity index (χ0v) is 14.1. The van der Waals surface area contributed by atoms with Crippen molar-refractivity contribution in [1.82, 2.24) is 10.2 Å². The molecule has 5 nitrogen and oxygen atoms in total. The Morgan fingerprint density at radius 1 is 1.43 bits per heavy atom. The van der Waals surface area contributed by atoms with E-state index in [1.54, 1.807) is 4.90 Å². The highest BCUT2D eigenvalue weighted by atomic mass is 16.6. The van der Waals surface area contributed by atoms with Crippen molar-refractivity contribution in [3.63, 3.8) is 0 Å². The van der Waals surface area contributed by atoms with Crippen molar-refractivity contribution in [3.8, 4) is 6.07 Å². The van der Waals surface area contributed by atoms with E-state index >= 15 is 0 Å². The summed E-state index contributed by atoms with van der Waals surface area (Å²) < 4.78 is 5.87. The minimum atomic E-state index is -0.337. The number of benzene rings is 1. The van der Waals surface area contributed by atoms with Gasteiger partial charge in [-0.2, -0.15) is 5.26 Å². The van der Waals surface area contributed by atoms with Crippen LogP contribution in [0.5, 0.6) is 0 Å². The maximum Gasteiger partial charge on any atom is 0.410 e. The summed E-state index contributed by atoms with van der Waals surface area (Å²) in [5, 5.41) is 12.2. The first-order valence-corrected chi connectivity index (χ1v) is 8.03. The van der Waals surface area contributed by atoms with Gasteiger partial charge in [0.05, 0.1) is 18.5 Å². The van der Waals surface area contributed by atoms with Gasteiger partial charge in [-0.3, -0.25) is 0 Å². The van der Waals surface area contributed by atoms with Crippen LogP contribution in [0.2, 0.25) is 0 Å². The van der Waals surface area contributed by atoms with Crippen molar-refractivity contribution < 1.29 is 9.53 Å². The van der Waals surface area contributed by atoms with Gasteiger partial charge in [-0.15, -0.1) is 0 Å². The Balaban J connectivity index is 2.16. The second kappa shape index (κ2) is 7.47. The summed E-state index contributed by atoms with van der Waals surface area (Å²) in [6.45, 7) is 8.10. The minimum Gasteiger partial charge on any atom is -0.441 e. The summed E-state index contributed by atoms with van der Waals surface area (Å²) in [5.74, 6) is 0. The average molecular weight is 315 g/mol. The molecule has 1 aromatic rings. The molecule has 1 aliphatic rings. The Hall–Kier alpha value is -2.06. The van der Waals surface area contributed by atoms with Crippen molar-refractivity contribution in [1.29, 1.82) is 5.26 Å². The number of ether oxygens (including phenoxy) is 1. The van der Waals surface area contributed by atoms with E-state index < -0.39 is 0 Å². The molecule has 1 fully saturated rings. The topological polar surface area (TPSA) is 65.4 Å². The van der Waals surface area contributed by atoms with E-state index in [1.165, 1.54) is 0 Å².